The summed E-state index contributed by atoms with van der Waals surface area (Å²) in [4.78, 5) is 127. The van der Waals surface area contributed by atoms with Crippen LogP contribution < -0.4 is 0 Å². The van der Waals surface area contributed by atoms with Crippen LogP contribution in [0.5, 0.6) is 0 Å². The minimum Gasteiger partial charge on any atom is -0.463 e. The van der Waals surface area contributed by atoms with E-state index in [2.05, 4.69) is 13.8 Å². The molecule has 18 heteroatoms. The summed E-state index contributed by atoms with van der Waals surface area (Å²) in [7, 11) is 0. The Hall–Kier alpha value is -4.58. The molecule has 0 radical (unpaired) electrons. The van der Waals surface area contributed by atoms with Crippen molar-refractivity contribution < 1.29 is 85.8 Å². The predicted octanol–water partition coefficient (Wildman–Crippen LogP) is 13.5. The summed E-state index contributed by atoms with van der Waals surface area (Å²) in [6.45, 7) is 7.94. The van der Waals surface area contributed by atoms with Crippen molar-refractivity contribution in [3.05, 3.63) is 0 Å². The number of ketones is 4. The molecule has 1 heterocycles. The van der Waals surface area contributed by atoms with Crippen molar-refractivity contribution in [1.29, 1.82) is 0 Å². The van der Waals surface area contributed by atoms with Crippen molar-refractivity contribution in [1.82, 2.24) is 0 Å². The van der Waals surface area contributed by atoms with Crippen molar-refractivity contribution in [3.63, 3.8) is 0 Å². The van der Waals surface area contributed by atoms with E-state index in [1.54, 1.807) is 0 Å². The molecule has 0 aromatic rings. The van der Waals surface area contributed by atoms with Gasteiger partial charge in [-0.1, -0.05) is 194 Å². The normalized spacial score (nSPS) is 17.0. The second-order valence-corrected chi connectivity index (χ2v) is 22.9. The van der Waals surface area contributed by atoms with Crippen LogP contribution in [0, 0.1) is 0 Å². The fourth-order valence-corrected chi connectivity index (χ4v) is 9.64. The van der Waals surface area contributed by atoms with E-state index in [-0.39, 0.29) is 68.1 Å². The van der Waals surface area contributed by atoms with Crippen LogP contribution in [-0.2, 0) is 85.8 Å². The highest BCUT2D eigenvalue weighted by Crippen LogP contribution is 2.32. The molecule has 0 aromatic carbocycles. The molecule has 1 aliphatic rings. The lowest BCUT2D eigenvalue weighted by Gasteiger charge is -2.44. The molecule has 0 bridgehead atoms. The van der Waals surface area contributed by atoms with Crippen molar-refractivity contribution in [2.75, 3.05) is 19.8 Å². The van der Waals surface area contributed by atoms with Crippen LogP contribution in [0.3, 0.4) is 0 Å². The highest BCUT2D eigenvalue weighted by molar-refractivity contribution is 5.83. The van der Waals surface area contributed by atoms with Gasteiger partial charge in [0.25, 0.3) is 0 Å². The van der Waals surface area contributed by atoms with Crippen molar-refractivity contribution in [2.45, 2.75) is 335 Å². The van der Waals surface area contributed by atoms with Gasteiger partial charge in [-0.2, -0.15) is 0 Å². The Morgan fingerprint density at radius 2 is 0.639 bits per heavy atom. The van der Waals surface area contributed by atoms with E-state index >= 15 is 0 Å². The summed E-state index contributed by atoms with van der Waals surface area (Å²) >= 11 is 0. The molecule has 0 aliphatic carbocycles. The van der Waals surface area contributed by atoms with E-state index in [1.165, 1.54) is 156 Å². The average Bonchev–Trinajstić information content (AvgIpc) is 3.32. The fourth-order valence-electron chi connectivity index (χ4n) is 9.64. The van der Waals surface area contributed by atoms with Gasteiger partial charge < -0.3 is 57.1 Å². The van der Waals surface area contributed by atoms with E-state index in [0.29, 0.717) is 12.8 Å². The predicted molar refractivity (Wildman–Crippen MR) is 315 cm³/mol. The van der Waals surface area contributed by atoms with Gasteiger partial charge in [-0.05, 0) is 40.5 Å². The maximum Gasteiger partial charge on any atom is 0.306 e. The zero-order valence-electron chi connectivity index (χ0n) is 52.2. The fraction of sp³-hybridized carbons (Fsp3) is 0.846. The molecule has 1 fully saturated rings. The highest BCUT2D eigenvalue weighted by Gasteiger charge is 2.53. The van der Waals surface area contributed by atoms with Crippen molar-refractivity contribution in [3.8, 4) is 0 Å². The minimum atomic E-state index is -1.78. The molecule has 1 saturated heterocycles. The van der Waals surface area contributed by atoms with Gasteiger partial charge in [0.2, 0.25) is 0 Å². The summed E-state index contributed by atoms with van der Waals surface area (Å²) in [6.07, 6.45) is 22.9. The Labute approximate surface area is 498 Å². The van der Waals surface area contributed by atoms with Crippen LogP contribution in [0.15, 0.2) is 0 Å². The molecule has 0 spiro atoms. The molecule has 6 atom stereocenters. The second-order valence-electron chi connectivity index (χ2n) is 22.9. The largest absolute Gasteiger partial charge is 0.463 e. The third-order valence-corrected chi connectivity index (χ3v) is 14.7. The summed E-state index contributed by atoms with van der Waals surface area (Å²) in [5.74, 6) is -6.13. The number of esters is 6. The Bertz CT molecular complexity index is 1830. The topological polar surface area (TPSA) is 245 Å². The maximum atomic E-state index is 13.5. The second kappa shape index (κ2) is 50.7. The van der Waals surface area contributed by atoms with E-state index in [4.69, 9.17) is 37.9 Å². The molecule has 478 valence electrons. The molecule has 83 heavy (non-hydrogen) atoms. The lowest BCUT2D eigenvalue weighted by atomic mass is 9.97. The van der Waals surface area contributed by atoms with Crippen LogP contribution in [0.2, 0.25) is 0 Å². The number of carbonyl (C=O) groups is 10. The third kappa shape index (κ3) is 43.7. The van der Waals surface area contributed by atoms with Crippen molar-refractivity contribution >= 4 is 58.9 Å². The number of unbranched alkanes of at least 4 members (excludes halogenated alkanes) is 28. The number of ether oxygens (including phenoxy) is 8. The van der Waals surface area contributed by atoms with Gasteiger partial charge in [-0.3, -0.25) is 28.8 Å². The number of carbonyl (C=O) groups excluding carboxylic acids is 10. The SMILES string of the molecule is CCCCCCCCCCCCCCCCCC(=O)OCC(CO[C@@H]1O[C@H](COC(=O)CCC(C)=O)[C@H](OC(=O)CCC(C)=O)[C@H](OC(=O)CCC(C)=O)[C@H]1OC(=O)CCC(C)=O)OC(=O)CCCCCCCCCCCCCCCCC. The number of Topliss-reactive ketones (excluding diaryl/α,β-unsaturated/α-hetero) is 4. The summed E-state index contributed by atoms with van der Waals surface area (Å²) in [6, 6.07) is 0. The molecule has 1 unspecified atom stereocenters. The van der Waals surface area contributed by atoms with Gasteiger partial charge in [0, 0.05) is 38.5 Å². The van der Waals surface area contributed by atoms with Crippen molar-refractivity contribution in [2.24, 2.45) is 0 Å². The van der Waals surface area contributed by atoms with Gasteiger partial charge in [-0.25, -0.2) is 0 Å². The van der Waals surface area contributed by atoms with E-state index in [1.807, 2.05) is 0 Å². The number of hydrogen-bond donors (Lipinski definition) is 0. The molecule has 0 amide bonds. The quantitative estimate of drug-likeness (QED) is 0.0312. The zero-order valence-corrected chi connectivity index (χ0v) is 52.2. The molecule has 0 saturated carbocycles. The molecular formula is C65H110O18. The first-order valence-electron chi connectivity index (χ1n) is 32.3. The zero-order chi connectivity index (χ0) is 61.3. The lowest BCUT2D eigenvalue weighted by Crippen LogP contribution is -2.63. The van der Waals surface area contributed by atoms with Gasteiger partial charge in [0.15, 0.2) is 30.7 Å². The first kappa shape index (κ1) is 76.4. The summed E-state index contributed by atoms with van der Waals surface area (Å²) in [5.41, 5.74) is 0. The first-order chi connectivity index (χ1) is 39.9. The highest BCUT2D eigenvalue weighted by atomic mass is 16.7. The van der Waals surface area contributed by atoms with Crippen LogP contribution in [0.1, 0.15) is 298 Å². The molecule has 1 aliphatic heterocycles. The number of hydrogen-bond acceptors (Lipinski definition) is 18. The Morgan fingerprint density at radius 3 is 1.01 bits per heavy atom. The standard InChI is InChI=1S/C65H110O18/c1-7-9-11-13-15-17-19-21-23-25-27-29-31-33-35-37-56(70)76-47-54(79-58(72)38-36-34-32-30-28-26-24-22-20-18-16-14-12-10-8-2)48-78-65-64(83-61(75)46-42-53(6)69)63(82-60(74)45-41-52(5)68)62(81-59(73)44-40-51(4)67)55(80-65)49-77-57(71)43-39-50(3)66/h54-55,62-65H,7-49H2,1-6H3/t54?,55-,62+,63+,64-,65-/m1/s1. The summed E-state index contributed by atoms with van der Waals surface area (Å²) < 4.78 is 47.0. The molecule has 1 rings (SSSR count). The number of rotatable bonds is 55. The molecule has 0 N–H and O–H groups in total. The van der Waals surface area contributed by atoms with Crippen LogP contribution in [-0.4, -0.2) is 116 Å². The van der Waals surface area contributed by atoms with Gasteiger partial charge >= 0.3 is 35.8 Å². The van der Waals surface area contributed by atoms with E-state index in [9.17, 15) is 47.9 Å². The smallest absolute Gasteiger partial charge is 0.306 e. The Morgan fingerprint density at radius 1 is 0.325 bits per heavy atom. The van der Waals surface area contributed by atoms with Gasteiger partial charge in [0.05, 0.1) is 32.3 Å². The Balaban J connectivity index is 3.32. The summed E-state index contributed by atoms with van der Waals surface area (Å²) in [5, 5.41) is 0. The van der Waals surface area contributed by atoms with E-state index < -0.39 is 112 Å². The lowest BCUT2D eigenvalue weighted by molar-refractivity contribution is -0.312. The van der Waals surface area contributed by atoms with E-state index in [0.717, 1.165) is 51.4 Å². The third-order valence-electron chi connectivity index (χ3n) is 14.7. The van der Waals surface area contributed by atoms with Crippen LogP contribution >= 0.6 is 0 Å². The van der Waals surface area contributed by atoms with Crippen LogP contribution in [0.25, 0.3) is 0 Å². The van der Waals surface area contributed by atoms with Gasteiger partial charge in [0.1, 0.15) is 42.5 Å². The minimum absolute atomic E-state index is 0.0736. The van der Waals surface area contributed by atoms with Crippen LogP contribution in [0.4, 0.5) is 0 Å². The van der Waals surface area contributed by atoms with Gasteiger partial charge in [-0.15, -0.1) is 0 Å². The molecular weight excluding hydrogens is 1070 g/mol. The Kier molecular flexibility index (Phi) is 46.7. The first-order valence-corrected chi connectivity index (χ1v) is 32.3. The molecule has 18 nitrogen and oxygen atoms in total. The maximum absolute atomic E-state index is 13.5. The average molecular weight is 1180 g/mol. The molecule has 0 aromatic heterocycles. The monoisotopic (exact) mass is 1180 g/mol.